The molecule has 6 nitrogen and oxygen atoms in total. The van der Waals surface area contributed by atoms with Gasteiger partial charge in [0.05, 0.1) is 12.0 Å². The average Bonchev–Trinajstić information content (AvgIpc) is 2.70. The van der Waals surface area contributed by atoms with Crippen LogP contribution < -0.4 is 10.1 Å². The van der Waals surface area contributed by atoms with Gasteiger partial charge in [0.2, 0.25) is 5.91 Å². The van der Waals surface area contributed by atoms with E-state index in [4.69, 9.17) is 21.1 Å². The zero-order chi connectivity index (χ0) is 19.1. The molecular formula is C20H32Cl3N3O3. The number of benzene rings is 1. The number of hydrogen-bond donors (Lipinski definition) is 1. The van der Waals surface area contributed by atoms with Crippen molar-refractivity contribution in [3.63, 3.8) is 0 Å². The number of carbonyl (C=O) groups excluding carboxylic acids is 1. The van der Waals surface area contributed by atoms with E-state index in [0.717, 1.165) is 64.4 Å². The fourth-order valence-corrected chi connectivity index (χ4v) is 4.06. The quantitative estimate of drug-likeness (QED) is 0.667. The van der Waals surface area contributed by atoms with Crippen LogP contribution in [0.1, 0.15) is 12.8 Å². The minimum absolute atomic E-state index is 0. The topological polar surface area (TPSA) is 54.0 Å². The molecule has 0 spiro atoms. The van der Waals surface area contributed by atoms with Crippen molar-refractivity contribution < 1.29 is 14.3 Å². The molecule has 0 atom stereocenters. The molecule has 9 heteroatoms. The summed E-state index contributed by atoms with van der Waals surface area (Å²) in [7, 11) is 1.69. The van der Waals surface area contributed by atoms with Crippen molar-refractivity contribution in [1.82, 2.24) is 15.1 Å². The van der Waals surface area contributed by atoms with E-state index in [9.17, 15) is 4.79 Å². The Morgan fingerprint density at radius 2 is 1.72 bits per heavy atom. The number of halogens is 3. The predicted octanol–water partition coefficient (Wildman–Crippen LogP) is 2.72. The fraction of sp³-hybridized carbons (Fsp3) is 0.650. The highest BCUT2D eigenvalue weighted by Crippen LogP contribution is 2.32. The van der Waals surface area contributed by atoms with Crippen molar-refractivity contribution in [2.75, 3.05) is 66.1 Å². The second-order valence-electron chi connectivity index (χ2n) is 7.40. The number of nitrogens with zero attached hydrogens (tertiary/aromatic N) is 2. The minimum Gasteiger partial charge on any atom is -0.492 e. The van der Waals surface area contributed by atoms with Crippen molar-refractivity contribution in [2.24, 2.45) is 5.41 Å². The maximum atomic E-state index is 13.2. The molecule has 2 saturated heterocycles. The van der Waals surface area contributed by atoms with Gasteiger partial charge >= 0.3 is 0 Å². The highest BCUT2D eigenvalue weighted by molar-refractivity contribution is 6.30. The van der Waals surface area contributed by atoms with E-state index >= 15 is 0 Å². The van der Waals surface area contributed by atoms with Crippen LogP contribution in [0.4, 0.5) is 0 Å². The van der Waals surface area contributed by atoms with Gasteiger partial charge in [-0.15, -0.1) is 24.8 Å². The van der Waals surface area contributed by atoms with Gasteiger partial charge in [-0.05, 0) is 50.2 Å². The Hall–Kier alpha value is -0.760. The summed E-state index contributed by atoms with van der Waals surface area (Å²) in [6.45, 7) is 7.11. The van der Waals surface area contributed by atoms with E-state index in [-0.39, 0.29) is 36.1 Å². The zero-order valence-corrected chi connectivity index (χ0v) is 19.3. The number of piperidine rings is 1. The molecule has 0 aliphatic carbocycles. The number of carbonyl (C=O) groups is 1. The Bertz CT molecular complexity index is 599. The lowest BCUT2D eigenvalue weighted by Crippen LogP contribution is -2.56. The molecule has 0 unspecified atom stereocenters. The normalized spacial score (nSPS) is 19.0. The van der Waals surface area contributed by atoms with Crippen molar-refractivity contribution >= 4 is 42.3 Å². The molecule has 2 aliphatic rings. The molecule has 0 saturated carbocycles. The third-order valence-corrected chi connectivity index (χ3v) is 5.84. The lowest BCUT2D eigenvalue weighted by molar-refractivity contribution is -0.149. The smallest absolute Gasteiger partial charge is 0.231 e. The van der Waals surface area contributed by atoms with Crippen molar-refractivity contribution in [1.29, 1.82) is 0 Å². The first kappa shape index (κ1) is 26.3. The number of piperazine rings is 1. The maximum Gasteiger partial charge on any atom is 0.231 e. The van der Waals surface area contributed by atoms with Gasteiger partial charge in [0.1, 0.15) is 12.4 Å². The largest absolute Gasteiger partial charge is 0.492 e. The van der Waals surface area contributed by atoms with Crippen LogP contribution in [0.25, 0.3) is 0 Å². The monoisotopic (exact) mass is 467 g/mol. The van der Waals surface area contributed by atoms with Gasteiger partial charge < -0.3 is 19.7 Å². The lowest BCUT2D eigenvalue weighted by atomic mass is 9.78. The first-order chi connectivity index (χ1) is 13.1. The summed E-state index contributed by atoms with van der Waals surface area (Å²) in [6.07, 6.45) is 1.71. The average molecular weight is 469 g/mol. The predicted molar refractivity (Wildman–Crippen MR) is 121 cm³/mol. The Kier molecular flexibility index (Phi) is 11.6. The van der Waals surface area contributed by atoms with Crippen molar-refractivity contribution in [2.45, 2.75) is 12.8 Å². The third kappa shape index (κ3) is 7.16. The molecule has 0 aromatic heterocycles. The van der Waals surface area contributed by atoms with E-state index in [2.05, 4.69) is 10.2 Å². The van der Waals surface area contributed by atoms with E-state index < -0.39 is 0 Å². The van der Waals surface area contributed by atoms with E-state index in [1.165, 1.54) is 0 Å². The first-order valence-corrected chi connectivity index (χ1v) is 10.1. The van der Waals surface area contributed by atoms with Crippen LogP contribution >= 0.6 is 36.4 Å². The summed E-state index contributed by atoms with van der Waals surface area (Å²) in [6, 6.07) is 7.43. The second kappa shape index (κ2) is 12.8. The highest BCUT2D eigenvalue weighted by atomic mass is 35.5. The zero-order valence-electron chi connectivity index (χ0n) is 16.9. The summed E-state index contributed by atoms with van der Waals surface area (Å²) in [5, 5.41) is 4.06. The molecule has 3 rings (SSSR count). The molecular weight excluding hydrogens is 437 g/mol. The van der Waals surface area contributed by atoms with Crippen LogP contribution in [0, 0.1) is 5.41 Å². The van der Waals surface area contributed by atoms with Gasteiger partial charge in [-0.25, -0.2) is 0 Å². The molecule has 2 heterocycles. The molecule has 2 fully saturated rings. The third-order valence-electron chi connectivity index (χ3n) is 5.58. The molecule has 29 heavy (non-hydrogen) atoms. The van der Waals surface area contributed by atoms with Gasteiger partial charge in [0.15, 0.2) is 0 Å². The number of rotatable bonds is 7. The number of amides is 1. The Labute approximate surface area is 191 Å². The van der Waals surface area contributed by atoms with Gasteiger partial charge in [-0.3, -0.25) is 9.69 Å². The molecule has 1 aromatic carbocycles. The van der Waals surface area contributed by atoms with Crippen LogP contribution in [0.2, 0.25) is 5.02 Å². The van der Waals surface area contributed by atoms with E-state index in [0.29, 0.717) is 18.2 Å². The van der Waals surface area contributed by atoms with Gasteiger partial charge in [-0.2, -0.15) is 0 Å². The van der Waals surface area contributed by atoms with Gasteiger partial charge in [0, 0.05) is 44.9 Å². The number of nitrogens with one attached hydrogen (secondary N) is 1. The Morgan fingerprint density at radius 1 is 1.10 bits per heavy atom. The van der Waals surface area contributed by atoms with Crippen molar-refractivity contribution in [3.05, 3.63) is 29.3 Å². The summed E-state index contributed by atoms with van der Waals surface area (Å²) < 4.78 is 11.2. The van der Waals surface area contributed by atoms with E-state index in [1.54, 1.807) is 7.11 Å². The summed E-state index contributed by atoms with van der Waals surface area (Å²) in [5.74, 6) is 1.10. The summed E-state index contributed by atoms with van der Waals surface area (Å²) >= 11 is 5.88. The molecule has 2 aliphatic heterocycles. The molecule has 1 aromatic rings. The Balaban J connectivity index is 0.00000210. The first-order valence-electron chi connectivity index (χ1n) is 9.73. The van der Waals surface area contributed by atoms with Crippen molar-refractivity contribution in [3.8, 4) is 5.75 Å². The van der Waals surface area contributed by atoms with Gasteiger partial charge in [0.25, 0.3) is 0 Å². The van der Waals surface area contributed by atoms with Crippen LogP contribution in [0.15, 0.2) is 24.3 Å². The Morgan fingerprint density at radius 3 is 2.31 bits per heavy atom. The maximum absolute atomic E-state index is 13.2. The molecule has 0 radical (unpaired) electrons. The number of ether oxygens (including phenoxy) is 2. The van der Waals surface area contributed by atoms with Gasteiger partial charge in [-0.1, -0.05) is 11.6 Å². The van der Waals surface area contributed by atoms with Crippen LogP contribution in [-0.4, -0.2) is 81.8 Å². The highest BCUT2D eigenvalue weighted by Gasteiger charge is 2.42. The molecule has 1 N–H and O–H groups in total. The molecule has 1 amide bonds. The molecule has 166 valence electrons. The number of hydrogen-bond acceptors (Lipinski definition) is 5. The summed E-state index contributed by atoms with van der Waals surface area (Å²) in [4.78, 5) is 17.5. The SMILES string of the molecule is COCC1(C(=O)N2CCN(CCOc3ccc(Cl)cc3)CC2)CCNCC1.Cl.Cl. The number of methoxy groups -OCH3 is 1. The van der Waals surface area contributed by atoms with Crippen LogP contribution in [0.3, 0.4) is 0 Å². The van der Waals surface area contributed by atoms with Crippen LogP contribution in [0.5, 0.6) is 5.75 Å². The second-order valence-corrected chi connectivity index (χ2v) is 7.84. The summed E-state index contributed by atoms with van der Waals surface area (Å²) in [5.41, 5.74) is -0.347. The minimum atomic E-state index is -0.347. The fourth-order valence-electron chi connectivity index (χ4n) is 3.93. The van der Waals surface area contributed by atoms with E-state index in [1.807, 2.05) is 29.2 Å². The lowest BCUT2D eigenvalue weighted by Gasteiger charge is -2.42. The van der Waals surface area contributed by atoms with Crippen LogP contribution in [-0.2, 0) is 9.53 Å². The standard InChI is InChI=1S/C20H30ClN3O3.2ClH/c1-26-16-20(6-8-22-9-7-20)19(25)24-12-10-23(11-13-24)14-15-27-18-4-2-17(21)3-5-18;;/h2-5,22H,6-16H2,1H3;2*1H. The molecule has 0 bridgehead atoms.